The van der Waals surface area contributed by atoms with E-state index in [1.54, 1.807) is 12.1 Å². The normalized spacial score (nSPS) is 20.6. The highest BCUT2D eigenvalue weighted by Gasteiger charge is 2.33. The fourth-order valence-corrected chi connectivity index (χ4v) is 2.48. The predicted octanol–water partition coefficient (Wildman–Crippen LogP) is 1.75. The van der Waals surface area contributed by atoms with Crippen LogP contribution < -0.4 is 21.7 Å². The molecular formula is C15H23ClN4O2. The molecule has 0 radical (unpaired) electrons. The lowest BCUT2D eigenvalue weighted by Gasteiger charge is -2.33. The van der Waals surface area contributed by atoms with E-state index in [4.69, 9.17) is 5.73 Å². The highest BCUT2D eigenvalue weighted by molar-refractivity contribution is 5.88. The molecule has 1 aliphatic heterocycles. The number of halogens is 1. The van der Waals surface area contributed by atoms with Crippen LogP contribution in [0.1, 0.15) is 31.7 Å². The molecule has 6 nitrogen and oxygen atoms in total. The number of anilines is 1. The van der Waals surface area contributed by atoms with Gasteiger partial charge in [-0.25, -0.2) is 4.79 Å². The summed E-state index contributed by atoms with van der Waals surface area (Å²) in [6, 6.07) is 6.62. The fraction of sp³-hybridized carbons (Fsp3) is 0.467. The second-order valence-corrected chi connectivity index (χ2v) is 5.58. The van der Waals surface area contributed by atoms with Crippen LogP contribution in [-0.2, 0) is 11.3 Å². The molecule has 0 saturated carbocycles. The third-order valence-electron chi connectivity index (χ3n) is 3.79. The standard InChI is InChI=1S/C15H22N4O2.ClH/c1-15(8-2-3-9-18-15)13(20)17-10-11-4-6-12(7-5-11)19-14(16)21;/h4-7,18H,2-3,8-10H2,1H3,(H,17,20)(H3,16,19,21);1H. The van der Waals surface area contributed by atoms with Gasteiger partial charge in [0, 0.05) is 12.2 Å². The number of nitrogens with two attached hydrogens (primary N) is 1. The average Bonchev–Trinajstić information content (AvgIpc) is 2.46. The van der Waals surface area contributed by atoms with E-state index in [0.29, 0.717) is 12.2 Å². The molecule has 0 aliphatic carbocycles. The molecular weight excluding hydrogens is 304 g/mol. The first-order valence-corrected chi connectivity index (χ1v) is 7.18. The highest BCUT2D eigenvalue weighted by Crippen LogP contribution is 2.19. The first-order valence-electron chi connectivity index (χ1n) is 7.18. The topological polar surface area (TPSA) is 96.2 Å². The van der Waals surface area contributed by atoms with Crippen molar-refractivity contribution >= 4 is 30.0 Å². The number of amides is 3. The van der Waals surface area contributed by atoms with Crippen molar-refractivity contribution in [2.24, 2.45) is 5.73 Å². The summed E-state index contributed by atoms with van der Waals surface area (Å²) in [4.78, 5) is 23.0. The molecule has 0 aromatic heterocycles. The summed E-state index contributed by atoms with van der Waals surface area (Å²) in [5.41, 5.74) is 6.19. The van der Waals surface area contributed by atoms with E-state index in [0.717, 1.165) is 31.4 Å². The molecule has 122 valence electrons. The van der Waals surface area contributed by atoms with E-state index in [1.807, 2.05) is 19.1 Å². The Hall–Kier alpha value is -1.79. The van der Waals surface area contributed by atoms with E-state index < -0.39 is 11.6 Å². The number of primary amides is 1. The lowest BCUT2D eigenvalue weighted by Crippen LogP contribution is -2.56. The SMILES string of the molecule is CC1(C(=O)NCc2ccc(NC(N)=O)cc2)CCCCN1.Cl. The fourth-order valence-electron chi connectivity index (χ4n) is 2.48. The zero-order chi connectivity index (χ0) is 15.3. The molecule has 22 heavy (non-hydrogen) atoms. The van der Waals surface area contributed by atoms with Crippen LogP contribution in [0.3, 0.4) is 0 Å². The van der Waals surface area contributed by atoms with Gasteiger partial charge in [-0.2, -0.15) is 0 Å². The van der Waals surface area contributed by atoms with Crippen LogP contribution in [0.2, 0.25) is 0 Å². The van der Waals surface area contributed by atoms with Gasteiger partial charge in [0.05, 0.1) is 5.54 Å². The molecule has 0 spiro atoms. The van der Waals surface area contributed by atoms with E-state index in [-0.39, 0.29) is 18.3 Å². The number of carbonyl (C=O) groups excluding carboxylic acids is 2. The Bertz CT molecular complexity index is 513. The largest absolute Gasteiger partial charge is 0.351 e. The van der Waals surface area contributed by atoms with Crippen LogP contribution in [0, 0.1) is 0 Å². The van der Waals surface area contributed by atoms with Crippen molar-refractivity contribution in [3.8, 4) is 0 Å². The summed E-state index contributed by atoms with van der Waals surface area (Å²) in [7, 11) is 0. The van der Waals surface area contributed by atoms with Gasteiger partial charge >= 0.3 is 6.03 Å². The van der Waals surface area contributed by atoms with Crippen molar-refractivity contribution in [1.82, 2.24) is 10.6 Å². The Kier molecular flexibility index (Phi) is 6.64. The van der Waals surface area contributed by atoms with E-state index in [1.165, 1.54) is 0 Å². The summed E-state index contributed by atoms with van der Waals surface area (Å²) in [6.45, 7) is 3.30. The molecule has 1 aliphatic rings. The zero-order valence-corrected chi connectivity index (χ0v) is 13.5. The number of piperidine rings is 1. The van der Waals surface area contributed by atoms with Gasteiger partial charge in [-0.1, -0.05) is 12.1 Å². The first-order chi connectivity index (χ1) is 9.99. The van der Waals surface area contributed by atoms with Crippen molar-refractivity contribution < 1.29 is 9.59 Å². The summed E-state index contributed by atoms with van der Waals surface area (Å²) in [6.07, 6.45) is 3.06. The molecule has 3 amide bonds. The Balaban J connectivity index is 0.00000242. The lowest BCUT2D eigenvalue weighted by molar-refractivity contribution is -0.128. The highest BCUT2D eigenvalue weighted by atomic mass is 35.5. The molecule has 1 saturated heterocycles. The molecule has 1 atom stereocenters. The smallest absolute Gasteiger partial charge is 0.316 e. The number of hydrogen-bond acceptors (Lipinski definition) is 3. The maximum absolute atomic E-state index is 12.3. The molecule has 0 bridgehead atoms. The van der Waals surface area contributed by atoms with Gasteiger partial charge in [0.25, 0.3) is 0 Å². The summed E-state index contributed by atoms with van der Waals surface area (Å²) in [5, 5.41) is 8.74. The van der Waals surface area contributed by atoms with Gasteiger partial charge in [0.1, 0.15) is 0 Å². The van der Waals surface area contributed by atoms with E-state index in [2.05, 4.69) is 16.0 Å². The monoisotopic (exact) mass is 326 g/mol. The van der Waals surface area contributed by atoms with Crippen molar-refractivity contribution in [2.45, 2.75) is 38.3 Å². The minimum atomic E-state index is -0.590. The molecule has 1 unspecified atom stereocenters. The minimum Gasteiger partial charge on any atom is -0.351 e. The maximum atomic E-state index is 12.3. The molecule has 5 N–H and O–H groups in total. The Labute approximate surface area is 136 Å². The molecule has 1 aromatic rings. The molecule has 2 rings (SSSR count). The number of rotatable bonds is 4. The van der Waals surface area contributed by atoms with Gasteiger partial charge < -0.3 is 21.7 Å². The van der Waals surface area contributed by atoms with Crippen molar-refractivity contribution in [1.29, 1.82) is 0 Å². The molecule has 1 heterocycles. The minimum absolute atomic E-state index is 0. The van der Waals surface area contributed by atoms with Crippen LogP contribution in [0.4, 0.5) is 10.5 Å². The third kappa shape index (κ3) is 4.89. The zero-order valence-electron chi connectivity index (χ0n) is 12.6. The van der Waals surface area contributed by atoms with Crippen LogP contribution in [0.25, 0.3) is 0 Å². The van der Waals surface area contributed by atoms with Gasteiger partial charge in [-0.3, -0.25) is 4.79 Å². The van der Waals surface area contributed by atoms with Gasteiger partial charge in [-0.15, -0.1) is 12.4 Å². The number of benzene rings is 1. The number of urea groups is 1. The molecule has 7 heteroatoms. The Morgan fingerprint density at radius 3 is 2.50 bits per heavy atom. The summed E-state index contributed by atoms with van der Waals surface area (Å²) in [5.74, 6) is 0.0292. The van der Waals surface area contributed by atoms with Crippen LogP contribution in [0.5, 0.6) is 0 Å². The van der Waals surface area contributed by atoms with Gasteiger partial charge in [0.15, 0.2) is 0 Å². The van der Waals surface area contributed by atoms with E-state index >= 15 is 0 Å². The number of carbonyl (C=O) groups is 2. The van der Waals surface area contributed by atoms with Gasteiger partial charge in [-0.05, 0) is 50.4 Å². The lowest BCUT2D eigenvalue weighted by atomic mass is 9.90. The second-order valence-electron chi connectivity index (χ2n) is 5.58. The van der Waals surface area contributed by atoms with Crippen molar-refractivity contribution in [3.63, 3.8) is 0 Å². The Morgan fingerprint density at radius 2 is 1.95 bits per heavy atom. The van der Waals surface area contributed by atoms with Crippen LogP contribution in [0.15, 0.2) is 24.3 Å². The maximum Gasteiger partial charge on any atom is 0.316 e. The first kappa shape index (κ1) is 18.3. The van der Waals surface area contributed by atoms with Crippen molar-refractivity contribution in [3.05, 3.63) is 29.8 Å². The van der Waals surface area contributed by atoms with Gasteiger partial charge in [0.2, 0.25) is 5.91 Å². The van der Waals surface area contributed by atoms with Crippen LogP contribution in [-0.4, -0.2) is 24.0 Å². The summed E-state index contributed by atoms with van der Waals surface area (Å²) >= 11 is 0. The predicted molar refractivity (Wildman–Crippen MR) is 89.0 cm³/mol. The van der Waals surface area contributed by atoms with Crippen LogP contribution >= 0.6 is 12.4 Å². The van der Waals surface area contributed by atoms with E-state index in [9.17, 15) is 9.59 Å². The van der Waals surface area contributed by atoms with Crippen molar-refractivity contribution in [2.75, 3.05) is 11.9 Å². The quantitative estimate of drug-likeness (QED) is 0.678. The number of nitrogens with one attached hydrogen (secondary N) is 3. The number of hydrogen-bond donors (Lipinski definition) is 4. The average molecular weight is 327 g/mol. The summed E-state index contributed by atoms with van der Waals surface area (Å²) < 4.78 is 0. The third-order valence-corrected chi connectivity index (χ3v) is 3.79. The Morgan fingerprint density at radius 1 is 1.27 bits per heavy atom. The second kappa shape index (κ2) is 8.00. The molecule has 1 aromatic carbocycles. The molecule has 1 fully saturated rings.